The van der Waals surface area contributed by atoms with Crippen molar-refractivity contribution in [1.82, 2.24) is 0 Å². The molecule has 4 nitrogen and oxygen atoms in total. The van der Waals surface area contributed by atoms with E-state index in [1.165, 1.54) is 0 Å². The van der Waals surface area contributed by atoms with Crippen LogP contribution < -0.4 is 11.5 Å². The molecule has 0 unspecified atom stereocenters. The van der Waals surface area contributed by atoms with Gasteiger partial charge in [-0.2, -0.15) is 0 Å². The molecular weight excluding hydrogens is 260 g/mol. The Morgan fingerprint density at radius 3 is 1.21 bits per heavy atom. The molecule has 0 aliphatic rings. The van der Waals surface area contributed by atoms with Crippen molar-refractivity contribution in [3.8, 4) is 0 Å². The van der Waals surface area contributed by atoms with Crippen LogP contribution >= 0.6 is 0 Å². The lowest BCUT2D eigenvalue weighted by molar-refractivity contribution is 0.376. The first-order valence-corrected chi connectivity index (χ1v) is 9.26. The van der Waals surface area contributed by atoms with Gasteiger partial charge in [0.2, 0.25) is 0 Å². The standard InChI is InChI=1S/C14H32N2O2S/c1-5-13(15,6-2)9-11-19(17,18)12-10-14(16,7-3)8-4/h5-12,15-16H2,1-4H3. The highest BCUT2D eigenvalue weighted by Crippen LogP contribution is 2.20. The summed E-state index contributed by atoms with van der Waals surface area (Å²) in [5.74, 6) is 0.351. The highest BCUT2D eigenvalue weighted by molar-refractivity contribution is 7.91. The number of hydrogen-bond donors (Lipinski definition) is 2. The third-order valence-corrected chi connectivity index (χ3v) is 6.29. The van der Waals surface area contributed by atoms with Gasteiger partial charge in [-0.1, -0.05) is 27.7 Å². The van der Waals surface area contributed by atoms with Crippen molar-refractivity contribution >= 4 is 9.84 Å². The zero-order valence-electron chi connectivity index (χ0n) is 13.0. The molecule has 0 bridgehead atoms. The number of hydrogen-bond acceptors (Lipinski definition) is 4. The zero-order valence-corrected chi connectivity index (χ0v) is 13.9. The second-order valence-corrected chi connectivity index (χ2v) is 8.09. The van der Waals surface area contributed by atoms with E-state index in [0.717, 1.165) is 25.7 Å². The maximum absolute atomic E-state index is 12.1. The molecule has 0 rings (SSSR count). The van der Waals surface area contributed by atoms with Gasteiger partial charge in [-0.15, -0.1) is 0 Å². The molecule has 0 aromatic heterocycles. The molecule has 0 saturated heterocycles. The van der Waals surface area contributed by atoms with Crippen LogP contribution in [0.3, 0.4) is 0 Å². The second-order valence-electron chi connectivity index (χ2n) is 5.79. The predicted molar refractivity (Wildman–Crippen MR) is 82.9 cm³/mol. The van der Waals surface area contributed by atoms with Crippen molar-refractivity contribution < 1.29 is 8.42 Å². The Hall–Kier alpha value is -0.130. The minimum atomic E-state index is -3.05. The molecule has 0 aromatic rings. The Morgan fingerprint density at radius 2 is 1.00 bits per heavy atom. The Kier molecular flexibility index (Phi) is 7.55. The first-order valence-electron chi connectivity index (χ1n) is 7.44. The lowest BCUT2D eigenvalue weighted by Gasteiger charge is -2.28. The smallest absolute Gasteiger partial charge is 0.150 e. The van der Waals surface area contributed by atoms with Crippen LogP contribution in [0, 0.1) is 0 Å². The summed E-state index contributed by atoms with van der Waals surface area (Å²) >= 11 is 0. The van der Waals surface area contributed by atoms with E-state index >= 15 is 0 Å². The SMILES string of the molecule is CCC(N)(CC)CCS(=O)(=O)CCC(N)(CC)CC. The second kappa shape index (κ2) is 7.60. The largest absolute Gasteiger partial charge is 0.325 e. The summed E-state index contributed by atoms with van der Waals surface area (Å²) in [5, 5.41) is 0. The fourth-order valence-corrected chi connectivity index (χ4v) is 3.67. The van der Waals surface area contributed by atoms with Gasteiger partial charge in [-0.3, -0.25) is 0 Å². The summed E-state index contributed by atoms with van der Waals surface area (Å²) in [4.78, 5) is 0. The van der Waals surface area contributed by atoms with Gasteiger partial charge < -0.3 is 11.5 Å². The van der Waals surface area contributed by atoms with Crippen molar-refractivity contribution in [3.05, 3.63) is 0 Å². The van der Waals surface area contributed by atoms with Crippen molar-refractivity contribution in [1.29, 1.82) is 0 Å². The summed E-state index contributed by atoms with van der Waals surface area (Å²) < 4.78 is 24.2. The maximum Gasteiger partial charge on any atom is 0.150 e. The van der Waals surface area contributed by atoms with E-state index in [1.807, 2.05) is 27.7 Å². The number of rotatable bonds is 10. The highest BCUT2D eigenvalue weighted by Gasteiger charge is 2.26. The van der Waals surface area contributed by atoms with Crippen molar-refractivity contribution in [2.24, 2.45) is 11.5 Å². The molecular formula is C14H32N2O2S. The molecule has 0 fully saturated rings. The monoisotopic (exact) mass is 292 g/mol. The van der Waals surface area contributed by atoms with Crippen LogP contribution in [0.25, 0.3) is 0 Å². The molecule has 116 valence electrons. The van der Waals surface area contributed by atoms with Gasteiger partial charge in [0, 0.05) is 11.1 Å². The number of sulfone groups is 1. The Morgan fingerprint density at radius 1 is 0.737 bits per heavy atom. The third kappa shape index (κ3) is 6.72. The van der Waals surface area contributed by atoms with Crippen LogP contribution in [0.5, 0.6) is 0 Å². The molecule has 0 atom stereocenters. The quantitative estimate of drug-likeness (QED) is 0.646. The predicted octanol–water partition coefficient (Wildman–Crippen LogP) is 2.22. The summed E-state index contributed by atoms with van der Waals surface area (Å²) in [7, 11) is -3.05. The summed E-state index contributed by atoms with van der Waals surface area (Å²) in [6.07, 6.45) is 4.32. The molecule has 0 radical (unpaired) electrons. The van der Waals surface area contributed by atoms with E-state index in [1.54, 1.807) is 0 Å². The fraction of sp³-hybridized carbons (Fsp3) is 1.00. The zero-order chi connectivity index (χ0) is 15.2. The summed E-state index contributed by atoms with van der Waals surface area (Å²) in [5.41, 5.74) is 11.6. The first-order chi connectivity index (χ1) is 8.66. The molecule has 0 saturated carbocycles. The normalized spacial score (nSPS) is 13.8. The average molecular weight is 292 g/mol. The summed E-state index contributed by atoms with van der Waals surface area (Å²) in [6.45, 7) is 8.04. The van der Waals surface area contributed by atoms with Crippen molar-refractivity contribution in [2.75, 3.05) is 11.5 Å². The minimum absolute atomic E-state index is 0.175. The molecule has 0 aromatic carbocycles. The molecule has 0 aliphatic heterocycles. The molecule has 5 heteroatoms. The molecule has 4 N–H and O–H groups in total. The molecule has 0 aliphatic carbocycles. The molecule has 19 heavy (non-hydrogen) atoms. The van der Waals surface area contributed by atoms with E-state index in [2.05, 4.69) is 0 Å². The Labute approximate surface area is 119 Å². The Bertz CT molecular complexity index is 316. The van der Waals surface area contributed by atoms with Crippen molar-refractivity contribution in [3.63, 3.8) is 0 Å². The topological polar surface area (TPSA) is 86.2 Å². The van der Waals surface area contributed by atoms with Gasteiger partial charge in [0.05, 0.1) is 11.5 Å². The van der Waals surface area contributed by atoms with Gasteiger partial charge in [-0.25, -0.2) is 8.42 Å². The molecule has 0 spiro atoms. The van der Waals surface area contributed by atoms with Gasteiger partial charge >= 0.3 is 0 Å². The van der Waals surface area contributed by atoms with Crippen LogP contribution in [-0.4, -0.2) is 31.0 Å². The van der Waals surface area contributed by atoms with Crippen LogP contribution in [0.1, 0.15) is 66.2 Å². The van der Waals surface area contributed by atoms with Crippen LogP contribution in [0.15, 0.2) is 0 Å². The van der Waals surface area contributed by atoms with Crippen molar-refractivity contribution in [2.45, 2.75) is 77.3 Å². The van der Waals surface area contributed by atoms with E-state index in [4.69, 9.17) is 11.5 Å². The van der Waals surface area contributed by atoms with Crippen LogP contribution in [-0.2, 0) is 9.84 Å². The third-order valence-electron chi connectivity index (χ3n) is 4.64. The van der Waals surface area contributed by atoms with Gasteiger partial charge in [0.1, 0.15) is 9.84 Å². The number of nitrogens with two attached hydrogens (primary N) is 2. The summed E-state index contributed by atoms with van der Waals surface area (Å²) in [6, 6.07) is 0. The average Bonchev–Trinajstić information content (AvgIpc) is 2.42. The lowest BCUT2D eigenvalue weighted by Crippen LogP contribution is -2.42. The van der Waals surface area contributed by atoms with Crippen LogP contribution in [0.2, 0.25) is 0 Å². The van der Waals surface area contributed by atoms with E-state index in [9.17, 15) is 8.42 Å². The van der Waals surface area contributed by atoms with E-state index < -0.39 is 9.84 Å². The Balaban J connectivity index is 4.42. The maximum atomic E-state index is 12.1. The van der Waals surface area contributed by atoms with E-state index in [0.29, 0.717) is 12.8 Å². The van der Waals surface area contributed by atoms with E-state index in [-0.39, 0.29) is 22.6 Å². The first kappa shape index (κ1) is 18.9. The van der Waals surface area contributed by atoms with Gasteiger partial charge in [0.15, 0.2) is 0 Å². The van der Waals surface area contributed by atoms with Crippen LogP contribution in [0.4, 0.5) is 0 Å². The molecule has 0 amide bonds. The molecule has 0 heterocycles. The minimum Gasteiger partial charge on any atom is -0.325 e. The van der Waals surface area contributed by atoms with Gasteiger partial charge in [0.25, 0.3) is 0 Å². The van der Waals surface area contributed by atoms with Gasteiger partial charge in [-0.05, 0) is 38.5 Å². The lowest BCUT2D eigenvalue weighted by atomic mass is 9.91. The fourth-order valence-electron chi connectivity index (χ4n) is 2.03. The highest BCUT2D eigenvalue weighted by atomic mass is 32.2.